The van der Waals surface area contributed by atoms with Gasteiger partial charge in [0.25, 0.3) is 10.0 Å². The summed E-state index contributed by atoms with van der Waals surface area (Å²) in [5.41, 5.74) is 0.986. The van der Waals surface area contributed by atoms with Crippen molar-refractivity contribution in [1.82, 2.24) is 4.98 Å². The predicted molar refractivity (Wildman–Crippen MR) is 78.1 cm³/mol. The van der Waals surface area contributed by atoms with Gasteiger partial charge in [-0.2, -0.15) is 0 Å². The van der Waals surface area contributed by atoms with Gasteiger partial charge in [0.15, 0.2) is 5.13 Å². The lowest BCUT2D eigenvalue weighted by molar-refractivity contribution is 0.350. The second kappa shape index (κ2) is 6.05. The van der Waals surface area contributed by atoms with E-state index in [2.05, 4.69) is 21.5 Å². The Labute approximate surface area is 121 Å². The van der Waals surface area contributed by atoms with Gasteiger partial charge in [-0.25, -0.2) is 13.4 Å². The van der Waals surface area contributed by atoms with Gasteiger partial charge in [0.2, 0.25) is 0 Å². The van der Waals surface area contributed by atoms with E-state index in [4.69, 9.17) is 5.11 Å². The van der Waals surface area contributed by atoms with Crippen LogP contribution < -0.4 is 4.72 Å². The van der Waals surface area contributed by atoms with Gasteiger partial charge < -0.3 is 5.11 Å². The highest BCUT2D eigenvalue weighted by molar-refractivity contribution is 7.93. The standard InChI is InChI=1S/C13H12N2O3S2/c1-10-4-6-12(7-5-10)20(17,18)15-13-14-9-11(19-13)3-2-8-16/h4-7,9,16H,8H2,1H3,(H,14,15). The largest absolute Gasteiger partial charge is 0.384 e. The number of hydrogen-bond acceptors (Lipinski definition) is 5. The van der Waals surface area contributed by atoms with E-state index in [0.29, 0.717) is 4.88 Å². The summed E-state index contributed by atoms with van der Waals surface area (Å²) in [5, 5.41) is 8.83. The Kier molecular flexibility index (Phi) is 4.39. The summed E-state index contributed by atoms with van der Waals surface area (Å²) >= 11 is 1.11. The van der Waals surface area contributed by atoms with Crippen LogP contribution in [-0.4, -0.2) is 25.1 Å². The van der Waals surface area contributed by atoms with E-state index in [1.54, 1.807) is 12.1 Å². The number of anilines is 1. The molecule has 1 heterocycles. The highest BCUT2D eigenvalue weighted by Gasteiger charge is 2.15. The van der Waals surface area contributed by atoms with Crippen LogP contribution in [-0.2, 0) is 10.0 Å². The van der Waals surface area contributed by atoms with Crippen molar-refractivity contribution in [3.63, 3.8) is 0 Å². The number of aliphatic hydroxyl groups excluding tert-OH is 1. The molecule has 5 nitrogen and oxygen atoms in total. The van der Waals surface area contributed by atoms with Crippen LogP contribution in [0.25, 0.3) is 0 Å². The molecule has 0 saturated carbocycles. The normalized spacial score (nSPS) is 10.7. The van der Waals surface area contributed by atoms with Crippen molar-refractivity contribution in [2.75, 3.05) is 11.3 Å². The number of sulfonamides is 1. The van der Waals surface area contributed by atoms with Gasteiger partial charge in [-0.1, -0.05) is 40.9 Å². The van der Waals surface area contributed by atoms with Crippen LogP contribution >= 0.6 is 11.3 Å². The summed E-state index contributed by atoms with van der Waals surface area (Å²) in [6.45, 7) is 1.64. The van der Waals surface area contributed by atoms with Crippen molar-refractivity contribution < 1.29 is 13.5 Å². The summed E-state index contributed by atoms with van der Waals surface area (Å²) in [6, 6.07) is 6.54. The molecule has 0 spiro atoms. The third-order valence-electron chi connectivity index (χ3n) is 2.35. The Hall–Kier alpha value is -1.88. The van der Waals surface area contributed by atoms with Crippen LogP contribution in [0.15, 0.2) is 35.4 Å². The molecule has 0 fully saturated rings. The topological polar surface area (TPSA) is 79.3 Å². The predicted octanol–water partition coefficient (Wildman–Crippen LogP) is 1.60. The molecule has 1 aromatic carbocycles. The lowest BCUT2D eigenvalue weighted by atomic mass is 10.2. The van der Waals surface area contributed by atoms with Crippen molar-refractivity contribution in [2.45, 2.75) is 11.8 Å². The molecule has 0 bridgehead atoms. The van der Waals surface area contributed by atoms with E-state index in [1.165, 1.54) is 18.3 Å². The second-order valence-electron chi connectivity index (χ2n) is 3.91. The molecule has 0 aliphatic heterocycles. The first kappa shape index (κ1) is 14.5. The monoisotopic (exact) mass is 308 g/mol. The molecule has 2 rings (SSSR count). The molecule has 0 aliphatic rings. The Balaban J connectivity index is 2.20. The molecule has 7 heteroatoms. The molecule has 2 aromatic rings. The van der Waals surface area contributed by atoms with E-state index < -0.39 is 10.0 Å². The fourth-order valence-corrected chi connectivity index (χ4v) is 3.33. The maximum atomic E-state index is 12.1. The third-order valence-corrected chi connectivity index (χ3v) is 4.66. The van der Waals surface area contributed by atoms with Crippen LogP contribution in [0, 0.1) is 18.8 Å². The molecule has 0 saturated heterocycles. The van der Waals surface area contributed by atoms with Gasteiger partial charge in [0.05, 0.1) is 16.0 Å². The summed E-state index contributed by atoms with van der Waals surface area (Å²) in [5.74, 6) is 5.15. The molecule has 2 N–H and O–H groups in total. The van der Waals surface area contributed by atoms with Gasteiger partial charge in [0.1, 0.15) is 6.61 Å². The molecule has 20 heavy (non-hydrogen) atoms. The van der Waals surface area contributed by atoms with Crippen LogP contribution in [0.5, 0.6) is 0 Å². The summed E-state index contributed by atoms with van der Waals surface area (Å²) in [7, 11) is -3.64. The second-order valence-corrected chi connectivity index (χ2v) is 6.62. The fourth-order valence-electron chi connectivity index (χ4n) is 1.40. The Morgan fingerprint density at radius 2 is 2.05 bits per heavy atom. The number of aromatic nitrogens is 1. The average molecular weight is 308 g/mol. The SMILES string of the molecule is Cc1ccc(S(=O)(=O)Nc2ncc(C#CCO)s2)cc1. The zero-order valence-electron chi connectivity index (χ0n) is 10.6. The van der Waals surface area contributed by atoms with Crippen LogP contribution in [0.3, 0.4) is 0 Å². The molecular formula is C13H12N2O3S2. The smallest absolute Gasteiger partial charge is 0.263 e. The number of nitrogens with zero attached hydrogens (tertiary/aromatic N) is 1. The number of aryl methyl sites for hydroxylation is 1. The highest BCUT2D eigenvalue weighted by atomic mass is 32.2. The minimum atomic E-state index is -3.64. The van der Waals surface area contributed by atoms with Crippen LogP contribution in [0.1, 0.15) is 10.4 Å². The summed E-state index contributed by atoms with van der Waals surface area (Å²) in [4.78, 5) is 4.71. The maximum absolute atomic E-state index is 12.1. The molecule has 0 unspecified atom stereocenters. The first-order chi connectivity index (χ1) is 9.51. The molecule has 0 radical (unpaired) electrons. The fraction of sp³-hybridized carbons (Fsp3) is 0.154. The van der Waals surface area contributed by atoms with E-state index >= 15 is 0 Å². The lowest BCUT2D eigenvalue weighted by Gasteiger charge is -2.04. The molecular weight excluding hydrogens is 296 g/mol. The van der Waals surface area contributed by atoms with Gasteiger partial charge in [-0.15, -0.1) is 0 Å². The minimum Gasteiger partial charge on any atom is -0.384 e. The van der Waals surface area contributed by atoms with Crippen molar-refractivity contribution in [3.05, 3.63) is 40.9 Å². The lowest BCUT2D eigenvalue weighted by Crippen LogP contribution is -2.12. The van der Waals surface area contributed by atoms with Gasteiger partial charge >= 0.3 is 0 Å². The number of rotatable bonds is 3. The zero-order chi connectivity index (χ0) is 14.6. The first-order valence-electron chi connectivity index (χ1n) is 5.66. The van der Waals surface area contributed by atoms with Crippen molar-refractivity contribution in [2.24, 2.45) is 0 Å². The molecule has 1 aromatic heterocycles. The van der Waals surface area contributed by atoms with Gasteiger partial charge in [0, 0.05) is 0 Å². The molecule has 0 aliphatic carbocycles. The van der Waals surface area contributed by atoms with Crippen molar-refractivity contribution >= 4 is 26.5 Å². The molecule has 0 amide bonds. The van der Waals surface area contributed by atoms with E-state index in [1.807, 2.05) is 6.92 Å². The Morgan fingerprint density at radius 3 is 2.70 bits per heavy atom. The average Bonchev–Trinajstić information content (AvgIpc) is 2.83. The zero-order valence-corrected chi connectivity index (χ0v) is 12.3. The number of hydrogen-bond donors (Lipinski definition) is 2. The van der Waals surface area contributed by atoms with E-state index in [0.717, 1.165) is 16.9 Å². The minimum absolute atomic E-state index is 0.182. The number of benzene rings is 1. The first-order valence-corrected chi connectivity index (χ1v) is 7.96. The maximum Gasteiger partial charge on any atom is 0.263 e. The van der Waals surface area contributed by atoms with E-state index in [-0.39, 0.29) is 16.6 Å². The summed E-state index contributed by atoms with van der Waals surface area (Å²) in [6.07, 6.45) is 1.46. The molecule has 104 valence electrons. The van der Waals surface area contributed by atoms with E-state index in [9.17, 15) is 8.42 Å². The number of thiazole rings is 1. The van der Waals surface area contributed by atoms with Gasteiger partial charge in [-0.05, 0) is 19.1 Å². The quantitative estimate of drug-likeness (QED) is 0.844. The number of aliphatic hydroxyl groups is 1. The summed E-state index contributed by atoms with van der Waals surface area (Å²) < 4.78 is 26.6. The van der Waals surface area contributed by atoms with Crippen LogP contribution in [0.4, 0.5) is 5.13 Å². The molecule has 0 atom stereocenters. The van der Waals surface area contributed by atoms with Crippen molar-refractivity contribution in [1.29, 1.82) is 0 Å². The van der Waals surface area contributed by atoms with Crippen LogP contribution in [0.2, 0.25) is 0 Å². The van der Waals surface area contributed by atoms with Crippen molar-refractivity contribution in [3.8, 4) is 11.8 Å². The third kappa shape index (κ3) is 3.57. The Bertz CT molecular complexity index is 753. The van der Waals surface area contributed by atoms with Gasteiger partial charge in [-0.3, -0.25) is 4.72 Å². The number of nitrogens with one attached hydrogen (secondary N) is 1. The Morgan fingerprint density at radius 1 is 1.35 bits per heavy atom. The highest BCUT2D eigenvalue weighted by Crippen LogP contribution is 2.21.